The molecule has 3 atom stereocenters. The van der Waals surface area contributed by atoms with E-state index in [-0.39, 0.29) is 30.4 Å². The van der Waals surface area contributed by atoms with E-state index < -0.39 is 5.41 Å². The van der Waals surface area contributed by atoms with Gasteiger partial charge in [0.25, 0.3) is 5.91 Å². The molecule has 0 aromatic rings. The normalized spacial score (nSPS) is 21.6. The second-order valence-electron chi connectivity index (χ2n) is 8.89. The average Bonchev–Trinajstić information content (AvgIpc) is 2.82. The van der Waals surface area contributed by atoms with E-state index in [1.54, 1.807) is 24.3 Å². The summed E-state index contributed by atoms with van der Waals surface area (Å²) in [7, 11) is 0. The molecule has 1 heterocycles. The van der Waals surface area contributed by atoms with Crippen LogP contribution < -0.4 is 10.6 Å². The van der Waals surface area contributed by atoms with Gasteiger partial charge in [0.1, 0.15) is 12.7 Å². The first-order chi connectivity index (χ1) is 16.4. The zero-order valence-corrected chi connectivity index (χ0v) is 21.4. The van der Waals surface area contributed by atoms with Crippen LogP contribution in [0.2, 0.25) is 0 Å². The van der Waals surface area contributed by atoms with Crippen molar-refractivity contribution in [1.29, 1.82) is 0 Å². The number of carbonyl (C=O) groups is 2. The molecule has 0 saturated heterocycles. The van der Waals surface area contributed by atoms with Crippen molar-refractivity contribution in [2.24, 2.45) is 16.5 Å². The maximum absolute atomic E-state index is 13.4. The molecule has 0 aromatic heterocycles. The highest BCUT2D eigenvalue weighted by atomic mass is 32.1. The minimum Gasteiger partial charge on any atom is -0.461 e. The molecule has 2 aliphatic rings. The number of allylic oxidation sites excluding steroid dienone is 2. The molecule has 188 valence electrons. The molecule has 0 spiro atoms. The smallest absolute Gasteiger partial charge is 0.317 e. The van der Waals surface area contributed by atoms with Gasteiger partial charge in [0.2, 0.25) is 0 Å². The number of esters is 1. The van der Waals surface area contributed by atoms with Crippen LogP contribution in [0.1, 0.15) is 58.8 Å². The summed E-state index contributed by atoms with van der Waals surface area (Å²) >= 11 is 4.67. The van der Waals surface area contributed by atoms with E-state index >= 15 is 0 Å². The fourth-order valence-corrected chi connectivity index (χ4v) is 4.80. The predicted octanol–water partition coefficient (Wildman–Crippen LogP) is 3.42. The van der Waals surface area contributed by atoms with E-state index in [0.29, 0.717) is 36.6 Å². The summed E-state index contributed by atoms with van der Waals surface area (Å²) < 4.78 is 6.05. The van der Waals surface area contributed by atoms with Gasteiger partial charge in [-0.05, 0) is 29.9 Å². The Morgan fingerprint density at radius 1 is 1.41 bits per heavy atom. The van der Waals surface area contributed by atoms with Gasteiger partial charge in [0.05, 0.1) is 12.0 Å². The van der Waals surface area contributed by atoms with Crippen LogP contribution in [0.4, 0.5) is 0 Å². The van der Waals surface area contributed by atoms with E-state index in [9.17, 15) is 9.59 Å². The Hall–Kier alpha value is -2.32. The maximum atomic E-state index is 13.4. The molecule has 8 heteroatoms. The van der Waals surface area contributed by atoms with Crippen LogP contribution in [0.5, 0.6) is 0 Å². The Kier molecular flexibility index (Phi) is 11.6. The number of amides is 1. The first-order valence-electron chi connectivity index (χ1n) is 12.3. The maximum Gasteiger partial charge on any atom is 0.317 e. The highest BCUT2D eigenvalue weighted by molar-refractivity contribution is 7.84. The largest absolute Gasteiger partial charge is 0.461 e. The van der Waals surface area contributed by atoms with Gasteiger partial charge >= 0.3 is 5.97 Å². The number of nitrogens with one attached hydrogen (secondary N) is 1. The minimum atomic E-state index is -0.738. The fourth-order valence-electron chi connectivity index (χ4n) is 4.33. The Balaban J connectivity index is 1.87. The van der Waals surface area contributed by atoms with Crippen molar-refractivity contribution in [1.82, 2.24) is 5.32 Å². The van der Waals surface area contributed by atoms with Gasteiger partial charge in [-0.25, -0.2) is 0 Å². The number of rotatable bonds is 14. The van der Waals surface area contributed by atoms with E-state index in [2.05, 4.69) is 43.2 Å². The van der Waals surface area contributed by atoms with Gasteiger partial charge in [-0.2, -0.15) is 0 Å². The highest BCUT2D eigenvalue weighted by Crippen LogP contribution is 2.44. The van der Waals surface area contributed by atoms with Gasteiger partial charge in [0.15, 0.2) is 12.4 Å². The van der Waals surface area contributed by atoms with Crippen LogP contribution in [-0.2, 0) is 19.2 Å². The van der Waals surface area contributed by atoms with Crippen molar-refractivity contribution in [3.63, 3.8) is 0 Å². The molecule has 1 saturated carbocycles. The van der Waals surface area contributed by atoms with Crippen molar-refractivity contribution in [3.8, 4) is 0 Å². The number of thiol groups is 1. The summed E-state index contributed by atoms with van der Waals surface area (Å²) in [5.41, 5.74) is 0.355. The van der Waals surface area contributed by atoms with Gasteiger partial charge in [-0.15, -0.1) is 12.6 Å². The second-order valence-corrected chi connectivity index (χ2v) is 9.37. The molecule has 7 nitrogen and oxygen atoms in total. The van der Waals surface area contributed by atoms with Crippen LogP contribution in [0.3, 0.4) is 0 Å². The highest BCUT2D eigenvalue weighted by Gasteiger charge is 2.45. The zero-order valence-electron chi connectivity index (χ0n) is 20.6. The second kappa shape index (κ2) is 14.2. The summed E-state index contributed by atoms with van der Waals surface area (Å²) in [5, 5.41) is 8.42. The van der Waals surface area contributed by atoms with Crippen molar-refractivity contribution >= 4 is 30.3 Å². The topological polar surface area (TPSA) is 93.6 Å². The quantitative estimate of drug-likeness (QED) is 0.114. The van der Waals surface area contributed by atoms with Crippen molar-refractivity contribution < 1.29 is 24.5 Å². The molecule has 1 fully saturated rings. The molecule has 2 rings (SSSR count). The van der Waals surface area contributed by atoms with Gasteiger partial charge in [-0.3, -0.25) is 9.59 Å². The molecule has 1 amide bonds. The molecule has 0 bridgehead atoms. The molecular formula is C26H40N3O4S+. The number of quaternary nitrogens is 1. The monoisotopic (exact) mass is 490 g/mol. The third kappa shape index (κ3) is 7.60. The molecule has 0 radical (unpaired) electrons. The van der Waals surface area contributed by atoms with Crippen LogP contribution in [-0.4, -0.2) is 43.5 Å². The predicted molar refractivity (Wildman–Crippen MR) is 138 cm³/mol. The summed E-state index contributed by atoms with van der Waals surface area (Å²) in [4.78, 5) is 31.1. The lowest BCUT2D eigenvalue weighted by atomic mass is 9.74. The average molecular weight is 491 g/mol. The lowest BCUT2D eigenvalue weighted by Crippen LogP contribution is -2.87. The minimum absolute atomic E-state index is 0.110. The number of carbonyl (C=O) groups excluding carboxylic acids is 2. The standard InChI is InChI=1S/C26H39N3O4S/c1-5-8-9-14-26(7-3,22(34)11-6-2)25(31)33-21-17-19(4)20(21)13-15-27-18-24(30)28-23-12-10-16-32-29-23/h6,10-12,20-21,27,34H,2,4-5,7-9,13-18H2,1,3H3,(H,28,29,30)/p+1/b22-11-. The third-order valence-electron chi connectivity index (χ3n) is 6.55. The first kappa shape index (κ1) is 27.9. The lowest BCUT2D eigenvalue weighted by Gasteiger charge is -2.41. The van der Waals surface area contributed by atoms with Gasteiger partial charge < -0.3 is 20.2 Å². The van der Waals surface area contributed by atoms with E-state index in [1.807, 2.05) is 12.2 Å². The van der Waals surface area contributed by atoms with Crippen molar-refractivity contribution in [3.05, 3.63) is 47.9 Å². The number of oxime groups is 1. The van der Waals surface area contributed by atoms with Crippen molar-refractivity contribution in [2.45, 2.75) is 64.9 Å². The van der Waals surface area contributed by atoms with Crippen LogP contribution in [0, 0.1) is 11.3 Å². The number of unbranched alkanes of at least 4 members (excludes halogenated alkanes) is 2. The molecule has 3 unspecified atom stereocenters. The summed E-state index contributed by atoms with van der Waals surface area (Å²) in [6, 6.07) is 0. The van der Waals surface area contributed by atoms with E-state index in [0.717, 1.165) is 37.8 Å². The van der Waals surface area contributed by atoms with Crippen molar-refractivity contribution in [2.75, 3.05) is 19.7 Å². The molecular weight excluding hydrogens is 450 g/mol. The van der Waals surface area contributed by atoms with Gasteiger partial charge in [-0.1, -0.05) is 69.1 Å². The summed E-state index contributed by atoms with van der Waals surface area (Å²) in [5.74, 6) is 0.179. The van der Waals surface area contributed by atoms with E-state index in [1.165, 1.54) is 0 Å². The fraction of sp³-hybridized carbons (Fsp3) is 0.577. The Bertz CT molecular complexity index is 836. The van der Waals surface area contributed by atoms with Crippen LogP contribution in [0.25, 0.3) is 0 Å². The number of hydrogen-bond donors (Lipinski definition) is 3. The van der Waals surface area contributed by atoms with Crippen LogP contribution >= 0.6 is 12.6 Å². The van der Waals surface area contributed by atoms with Gasteiger partial charge in [0, 0.05) is 18.8 Å². The summed E-state index contributed by atoms with van der Waals surface area (Å²) in [6.07, 6.45) is 12.7. The first-order valence-corrected chi connectivity index (χ1v) is 12.7. The Labute approximate surface area is 209 Å². The van der Waals surface area contributed by atoms with Crippen LogP contribution in [0.15, 0.2) is 53.1 Å². The van der Waals surface area contributed by atoms with E-state index in [4.69, 9.17) is 9.57 Å². The molecule has 1 aliphatic heterocycles. The zero-order chi connectivity index (χ0) is 25.0. The Morgan fingerprint density at radius 3 is 2.82 bits per heavy atom. The number of hydrogen-bond acceptors (Lipinski definition) is 6. The molecule has 0 aromatic carbocycles. The number of ether oxygens (including phenoxy) is 1. The number of nitrogens with zero attached hydrogens (tertiary/aromatic N) is 1. The summed E-state index contributed by atoms with van der Waals surface area (Å²) in [6.45, 7) is 13.5. The number of amidine groups is 1. The lowest BCUT2D eigenvalue weighted by molar-refractivity contribution is -0.645. The molecule has 3 N–H and O–H groups in total. The molecule has 1 aliphatic carbocycles. The SMILES string of the molecule is C=C/C=C(\S)C(CC)(CCCCC)C(=O)OC1CC(=C)C1CC[NH2+]CC(=O)NC1=NOCC=C1. The molecule has 34 heavy (non-hydrogen) atoms. The Morgan fingerprint density at radius 2 is 2.21 bits per heavy atom. The number of nitrogens with two attached hydrogens (primary N) is 1. The third-order valence-corrected chi connectivity index (χ3v) is 7.13.